The highest BCUT2D eigenvalue weighted by Crippen LogP contribution is 2.55. The minimum absolute atomic E-state index is 0.0102. The zero-order valence-electron chi connectivity index (χ0n) is 18.6. The van der Waals surface area contributed by atoms with Crippen LogP contribution in [0, 0.1) is 11.8 Å². The molecule has 4 nitrogen and oxygen atoms in total. The van der Waals surface area contributed by atoms with Crippen LogP contribution in [0.1, 0.15) is 67.2 Å². The minimum atomic E-state index is -0.426. The van der Waals surface area contributed by atoms with Crippen LogP contribution in [0.5, 0.6) is 0 Å². The molecule has 4 heteroatoms. The number of benzene rings is 2. The minimum Gasteiger partial charge on any atom is -0.376 e. The highest BCUT2D eigenvalue weighted by Gasteiger charge is 2.43. The lowest BCUT2D eigenvalue weighted by atomic mass is 9.59. The summed E-state index contributed by atoms with van der Waals surface area (Å²) in [5, 5.41) is 3.25. The summed E-state index contributed by atoms with van der Waals surface area (Å²) < 4.78 is 11.7. The third-order valence-electron chi connectivity index (χ3n) is 7.31. The van der Waals surface area contributed by atoms with Crippen molar-refractivity contribution in [3.63, 3.8) is 0 Å². The maximum atomic E-state index is 13.1. The first-order valence-corrected chi connectivity index (χ1v) is 11.8. The van der Waals surface area contributed by atoms with E-state index in [4.69, 9.17) is 9.47 Å². The Hall–Kier alpha value is -2.17. The van der Waals surface area contributed by atoms with Gasteiger partial charge in [0.15, 0.2) is 0 Å². The number of hydrogen-bond acceptors (Lipinski definition) is 3. The molecule has 1 amide bonds. The van der Waals surface area contributed by atoms with Gasteiger partial charge in [-0.05, 0) is 53.4 Å². The maximum absolute atomic E-state index is 13.1. The standard InChI is InChI=1S/C27H33NO3/c1-17(2)26(31-16-19-8-7-13-30-19)27(29)28-15-18-14-24-20-9-3-5-11-22(20)25(18)23-12-6-4-10-21(23)24/h3-6,9-12,17-19,24-26H,7-8,13-16H2,1-2H3,(H,28,29)/t18-,19+,24?,25?,26+/m1/s1. The fraction of sp³-hybridized carbons (Fsp3) is 0.519. The molecule has 1 saturated heterocycles. The first-order valence-electron chi connectivity index (χ1n) is 11.8. The summed E-state index contributed by atoms with van der Waals surface area (Å²) >= 11 is 0. The van der Waals surface area contributed by atoms with Crippen molar-refractivity contribution in [1.29, 1.82) is 0 Å². The second-order valence-electron chi connectivity index (χ2n) is 9.66. The Labute approximate surface area is 185 Å². The molecule has 1 fully saturated rings. The summed E-state index contributed by atoms with van der Waals surface area (Å²) in [5.74, 6) is 1.32. The summed E-state index contributed by atoms with van der Waals surface area (Å²) in [5.41, 5.74) is 5.81. The lowest BCUT2D eigenvalue weighted by Crippen LogP contribution is -2.45. The van der Waals surface area contributed by atoms with E-state index < -0.39 is 6.10 Å². The van der Waals surface area contributed by atoms with Gasteiger partial charge >= 0.3 is 0 Å². The highest BCUT2D eigenvalue weighted by atomic mass is 16.5. The van der Waals surface area contributed by atoms with Crippen molar-refractivity contribution in [2.45, 2.75) is 57.2 Å². The van der Waals surface area contributed by atoms with Crippen molar-refractivity contribution >= 4 is 5.91 Å². The van der Waals surface area contributed by atoms with Crippen LogP contribution in [0.2, 0.25) is 0 Å². The molecule has 164 valence electrons. The zero-order chi connectivity index (χ0) is 21.4. The zero-order valence-corrected chi connectivity index (χ0v) is 18.6. The van der Waals surface area contributed by atoms with Crippen molar-refractivity contribution in [3.05, 3.63) is 70.8 Å². The number of hydrogen-bond donors (Lipinski definition) is 1. The Kier molecular flexibility index (Phi) is 5.85. The van der Waals surface area contributed by atoms with Gasteiger partial charge in [0.05, 0.1) is 12.7 Å². The lowest BCUT2D eigenvalue weighted by Gasteiger charge is -2.45. The Morgan fingerprint density at radius 2 is 1.71 bits per heavy atom. The SMILES string of the molecule is CC(C)[C@H](OC[C@@H]1CCCO1)C(=O)NC[C@H]1CC2c3ccccc3C1c1ccccc12. The van der Waals surface area contributed by atoms with E-state index in [9.17, 15) is 4.79 Å². The van der Waals surface area contributed by atoms with E-state index in [1.807, 2.05) is 0 Å². The van der Waals surface area contributed by atoms with E-state index >= 15 is 0 Å². The molecular formula is C27H33NO3. The molecule has 0 radical (unpaired) electrons. The Morgan fingerprint density at radius 3 is 2.29 bits per heavy atom. The molecule has 1 aliphatic heterocycles. The predicted molar refractivity (Wildman–Crippen MR) is 121 cm³/mol. The van der Waals surface area contributed by atoms with E-state index in [0.717, 1.165) is 25.9 Å². The molecule has 1 heterocycles. The number of carbonyl (C=O) groups is 1. The summed E-state index contributed by atoms with van der Waals surface area (Å²) in [4.78, 5) is 13.1. The molecule has 2 aromatic rings. The summed E-state index contributed by atoms with van der Waals surface area (Å²) in [6, 6.07) is 17.7. The van der Waals surface area contributed by atoms with Gasteiger partial charge in [-0.1, -0.05) is 62.4 Å². The van der Waals surface area contributed by atoms with Crippen LogP contribution in [0.3, 0.4) is 0 Å². The number of rotatable bonds is 7. The first kappa shape index (κ1) is 20.7. The van der Waals surface area contributed by atoms with Crippen molar-refractivity contribution < 1.29 is 14.3 Å². The molecule has 0 spiro atoms. The third-order valence-corrected chi connectivity index (χ3v) is 7.31. The summed E-state index contributed by atoms with van der Waals surface area (Å²) in [6.45, 7) is 6.10. The number of carbonyl (C=O) groups excluding carboxylic acids is 1. The van der Waals surface area contributed by atoms with E-state index in [1.54, 1.807) is 0 Å². The number of fused-ring (bicyclic) bond motifs is 1. The van der Waals surface area contributed by atoms with E-state index in [2.05, 4.69) is 67.7 Å². The van der Waals surface area contributed by atoms with Crippen molar-refractivity contribution in [3.8, 4) is 0 Å². The van der Waals surface area contributed by atoms with Crippen LogP contribution >= 0.6 is 0 Å². The lowest BCUT2D eigenvalue weighted by molar-refractivity contribution is -0.138. The van der Waals surface area contributed by atoms with Gasteiger partial charge in [0, 0.05) is 25.0 Å². The Bertz CT molecular complexity index is 886. The third kappa shape index (κ3) is 3.92. The van der Waals surface area contributed by atoms with E-state index in [-0.39, 0.29) is 17.9 Å². The molecule has 2 aromatic carbocycles. The average Bonchev–Trinajstić information content (AvgIpc) is 3.31. The molecule has 0 unspecified atom stereocenters. The van der Waals surface area contributed by atoms with Crippen LogP contribution in [-0.2, 0) is 14.3 Å². The van der Waals surface area contributed by atoms with Gasteiger partial charge in [-0.25, -0.2) is 0 Å². The van der Waals surface area contributed by atoms with Crippen molar-refractivity contribution in [2.24, 2.45) is 11.8 Å². The number of nitrogens with one attached hydrogen (secondary N) is 1. The molecule has 6 rings (SSSR count). The van der Waals surface area contributed by atoms with Crippen LogP contribution in [0.25, 0.3) is 0 Å². The molecule has 31 heavy (non-hydrogen) atoms. The molecule has 1 N–H and O–H groups in total. The maximum Gasteiger partial charge on any atom is 0.249 e. The molecule has 0 saturated carbocycles. The largest absolute Gasteiger partial charge is 0.376 e. The molecule has 3 aliphatic carbocycles. The number of ether oxygens (including phenoxy) is 2. The van der Waals surface area contributed by atoms with Crippen LogP contribution in [-0.4, -0.2) is 37.9 Å². The molecule has 4 aliphatic rings. The van der Waals surface area contributed by atoms with Crippen molar-refractivity contribution in [1.82, 2.24) is 5.32 Å². The Balaban J connectivity index is 1.29. The topological polar surface area (TPSA) is 47.6 Å². The average molecular weight is 420 g/mol. The van der Waals surface area contributed by atoms with Crippen molar-refractivity contribution in [2.75, 3.05) is 19.8 Å². The fourth-order valence-corrected chi connectivity index (χ4v) is 5.85. The van der Waals surface area contributed by atoms with Crippen LogP contribution in [0.15, 0.2) is 48.5 Å². The Morgan fingerprint density at radius 1 is 1.06 bits per heavy atom. The van der Waals surface area contributed by atoms with Gasteiger partial charge < -0.3 is 14.8 Å². The molecule has 3 atom stereocenters. The fourth-order valence-electron chi connectivity index (χ4n) is 5.85. The molecule has 0 aromatic heterocycles. The van der Waals surface area contributed by atoms with Gasteiger partial charge in [-0.15, -0.1) is 0 Å². The second-order valence-corrected chi connectivity index (χ2v) is 9.66. The number of amides is 1. The first-order chi connectivity index (χ1) is 15.1. The normalized spacial score (nSPS) is 27.1. The highest BCUT2D eigenvalue weighted by molar-refractivity contribution is 5.81. The quantitative estimate of drug-likeness (QED) is 0.712. The second kappa shape index (κ2) is 8.76. The van der Waals surface area contributed by atoms with E-state index in [0.29, 0.717) is 30.9 Å². The van der Waals surface area contributed by atoms with Crippen LogP contribution < -0.4 is 5.32 Å². The summed E-state index contributed by atoms with van der Waals surface area (Å²) in [6.07, 6.45) is 2.90. The smallest absolute Gasteiger partial charge is 0.249 e. The van der Waals surface area contributed by atoms with Gasteiger partial charge in [-0.3, -0.25) is 4.79 Å². The monoisotopic (exact) mass is 419 g/mol. The van der Waals surface area contributed by atoms with Gasteiger partial charge in [0.25, 0.3) is 0 Å². The van der Waals surface area contributed by atoms with Gasteiger partial charge in [0.2, 0.25) is 5.91 Å². The van der Waals surface area contributed by atoms with Crippen LogP contribution in [0.4, 0.5) is 0 Å². The van der Waals surface area contributed by atoms with Gasteiger partial charge in [-0.2, -0.15) is 0 Å². The summed E-state index contributed by atoms with van der Waals surface area (Å²) in [7, 11) is 0. The predicted octanol–water partition coefficient (Wildman–Crippen LogP) is 4.62. The molecule has 2 bridgehead atoms. The van der Waals surface area contributed by atoms with E-state index in [1.165, 1.54) is 22.3 Å². The molecular weight excluding hydrogens is 386 g/mol. The van der Waals surface area contributed by atoms with Gasteiger partial charge in [0.1, 0.15) is 6.10 Å².